The minimum Gasteiger partial charge on any atom is -0.489 e. The highest BCUT2D eigenvalue weighted by atomic mass is 35.5. The Balaban J connectivity index is 2.51. The molecule has 0 unspecified atom stereocenters. The van der Waals surface area contributed by atoms with Crippen LogP contribution in [-0.2, 0) is 0 Å². The maximum atomic E-state index is 10.5. The number of benzene rings is 1. The molecule has 5 heteroatoms. The number of fused-ring (bicyclic) bond motifs is 1. The number of non-ortho nitro benzene ring substituents is 1. The monoisotopic (exact) mass is 211 g/mol. The number of hydrogen-bond donors (Lipinski definition) is 0. The van der Waals surface area contributed by atoms with Crippen molar-refractivity contribution >= 4 is 22.3 Å². The zero-order valence-corrected chi connectivity index (χ0v) is 7.82. The Kier molecular flexibility index (Phi) is 2.13. The summed E-state index contributed by atoms with van der Waals surface area (Å²) in [5, 5.41) is 11.0. The summed E-state index contributed by atoms with van der Waals surface area (Å²) in [6.45, 7) is 0.354. The molecule has 1 aliphatic heterocycles. The highest BCUT2D eigenvalue weighted by molar-refractivity contribution is 6.49. The predicted octanol–water partition coefficient (Wildman–Crippen LogP) is 2.57. The molecule has 14 heavy (non-hydrogen) atoms. The number of ether oxygens (including phenoxy) is 1. The summed E-state index contributed by atoms with van der Waals surface area (Å²) in [6.07, 6.45) is 1.72. The van der Waals surface area contributed by atoms with Gasteiger partial charge in [0.15, 0.2) is 0 Å². The zero-order chi connectivity index (χ0) is 10.1. The maximum Gasteiger partial charge on any atom is 0.273 e. The molecule has 2 rings (SSSR count). The van der Waals surface area contributed by atoms with Crippen LogP contribution in [0.25, 0.3) is 5.03 Å². The summed E-state index contributed by atoms with van der Waals surface area (Å²) in [5.41, 5.74) is 0.707. The third-order valence-electron chi connectivity index (χ3n) is 1.93. The maximum absolute atomic E-state index is 10.5. The number of halogens is 1. The smallest absolute Gasteiger partial charge is 0.273 e. The number of nitro benzene ring substituents is 1. The van der Waals surface area contributed by atoms with Crippen LogP contribution in [0.5, 0.6) is 5.75 Å². The first-order valence-electron chi connectivity index (χ1n) is 3.96. The molecule has 1 heterocycles. The first kappa shape index (κ1) is 9.02. The van der Waals surface area contributed by atoms with Crippen molar-refractivity contribution in [3.63, 3.8) is 0 Å². The van der Waals surface area contributed by atoms with Crippen molar-refractivity contribution in [3.8, 4) is 5.75 Å². The minimum absolute atomic E-state index is 0.00937. The van der Waals surface area contributed by atoms with E-state index < -0.39 is 4.92 Å². The van der Waals surface area contributed by atoms with Gasteiger partial charge in [0.2, 0.25) is 0 Å². The van der Waals surface area contributed by atoms with Crippen LogP contribution in [-0.4, -0.2) is 11.5 Å². The molecule has 4 nitrogen and oxygen atoms in total. The SMILES string of the molecule is O=[N+]([O-])c1ccc2c(c1)OCC=C2Cl. The van der Waals surface area contributed by atoms with E-state index in [4.69, 9.17) is 16.3 Å². The molecular formula is C9H6ClNO3. The Morgan fingerprint density at radius 3 is 3.00 bits per heavy atom. The Morgan fingerprint density at radius 2 is 2.29 bits per heavy atom. The molecular weight excluding hydrogens is 206 g/mol. The highest BCUT2D eigenvalue weighted by Crippen LogP contribution is 2.34. The standard InChI is InChI=1S/C9H6ClNO3/c10-8-3-4-14-9-5-6(11(12)13)1-2-7(8)9/h1-3,5H,4H2. The number of hydrogen-bond acceptors (Lipinski definition) is 3. The Bertz CT molecular complexity index is 428. The van der Waals surface area contributed by atoms with E-state index in [-0.39, 0.29) is 5.69 Å². The fourth-order valence-electron chi connectivity index (χ4n) is 1.26. The normalized spacial score (nSPS) is 13.9. The van der Waals surface area contributed by atoms with Gasteiger partial charge in [0.05, 0.1) is 16.0 Å². The number of nitrogens with zero attached hydrogens (tertiary/aromatic N) is 1. The van der Waals surface area contributed by atoms with E-state index in [0.29, 0.717) is 23.0 Å². The van der Waals surface area contributed by atoms with Gasteiger partial charge in [0.1, 0.15) is 12.4 Å². The third-order valence-corrected chi connectivity index (χ3v) is 2.29. The van der Waals surface area contributed by atoms with Crippen LogP contribution in [0, 0.1) is 10.1 Å². The lowest BCUT2D eigenvalue weighted by molar-refractivity contribution is -0.384. The van der Waals surface area contributed by atoms with Crippen LogP contribution in [0.2, 0.25) is 0 Å². The van der Waals surface area contributed by atoms with Gasteiger partial charge in [-0.15, -0.1) is 0 Å². The van der Waals surface area contributed by atoms with Crippen molar-refractivity contribution in [2.24, 2.45) is 0 Å². The van der Waals surface area contributed by atoms with Gasteiger partial charge in [-0.1, -0.05) is 11.6 Å². The molecule has 0 saturated heterocycles. The number of nitro groups is 1. The second-order valence-electron chi connectivity index (χ2n) is 2.80. The first-order chi connectivity index (χ1) is 6.68. The van der Waals surface area contributed by atoms with Crippen molar-refractivity contribution in [3.05, 3.63) is 40.0 Å². The summed E-state index contributed by atoms with van der Waals surface area (Å²) in [4.78, 5) is 10.0. The fraction of sp³-hybridized carbons (Fsp3) is 0.111. The van der Waals surface area contributed by atoms with Crippen molar-refractivity contribution in [1.29, 1.82) is 0 Å². The molecule has 0 saturated carbocycles. The van der Waals surface area contributed by atoms with Crippen molar-refractivity contribution in [2.75, 3.05) is 6.61 Å². The molecule has 0 bridgehead atoms. The molecule has 0 aromatic heterocycles. The summed E-state index contributed by atoms with van der Waals surface area (Å²) < 4.78 is 5.22. The zero-order valence-electron chi connectivity index (χ0n) is 7.07. The quantitative estimate of drug-likeness (QED) is 0.530. The van der Waals surface area contributed by atoms with Gasteiger partial charge >= 0.3 is 0 Å². The first-order valence-corrected chi connectivity index (χ1v) is 4.33. The van der Waals surface area contributed by atoms with Gasteiger partial charge in [-0.2, -0.15) is 0 Å². The van der Waals surface area contributed by atoms with E-state index in [1.807, 2.05) is 0 Å². The highest BCUT2D eigenvalue weighted by Gasteiger charge is 2.16. The van der Waals surface area contributed by atoms with Crippen LogP contribution in [0.15, 0.2) is 24.3 Å². The summed E-state index contributed by atoms with van der Waals surface area (Å²) in [5.74, 6) is 0.465. The molecule has 1 aliphatic rings. The predicted molar refractivity (Wildman–Crippen MR) is 52.4 cm³/mol. The Morgan fingerprint density at radius 1 is 1.50 bits per heavy atom. The van der Waals surface area contributed by atoms with E-state index in [0.717, 1.165) is 0 Å². The average molecular weight is 212 g/mol. The lowest BCUT2D eigenvalue weighted by atomic mass is 10.1. The van der Waals surface area contributed by atoms with Gasteiger partial charge in [0.25, 0.3) is 5.69 Å². The van der Waals surface area contributed by atoms with Gasteiger partial charge in [-0.25, -0.2) is 0 Å². The van der Waals surface area contributed by atoms with Gasteiger partial charge in [-0.05, 0) is 12.1 Å². The van der Waals surface area contributed by atoms with E-state index in [2.05, 4.69) is 0 Å². The molecule has 0 amide bonds. The summed E-state index contributed by atoms with van der Waals surface area (Å²) >= 11 is 5.89. The second-order valence-corrected chi connectivity index (χ2v) is 3.21. The lowest BCUT2D eigenvalue weighted by Gasteiger charge is -2.13. The van der Waals surface area contributed by atoms with Crippen LogP contribution in [0.3, 0.4) is 0 Å². The number of rotatable bonds is 1. The van der Waals surface area contributed by atoms with Crippen LogP contribution >= 0.6 is 11.6 Å². The minimum atomic E-state index is -0.462. The molecule has 0 N–H and O–H groups in total. The van der Waals surface area contributed by atoms with Crippen LogP contribution in [0.1, 0.15) is 5.56 Å². The van der Waals surface area contributed by atoms with E-state index >= 15 is 0 Å². The Hall–Kier alpha value is -1.55. The summed E-state index contributed by atoms with van der Waals surface area (Å²) in [7, 11) is 0. The molecule has 0 fully saturated rings. The Labute approximate surface area is 84.9 Å². The van der Waals surface area contributed by atoms with Crippen molar-refractivity contribution < 1.29 is 9.66 Å². The fourth-order valence-corrected chi connectivity index (χ4v) is 1.47. The average Bonchev–Trinajstić information content (AvgIpc) is 2.17. The van der Waals surface area contributed by atoms with E-state index in [1.54, 1.807) is 12.1 Å². The topological polar surface area (TPSA) is 52.4 Å². The molecule has 0 radical (unpaired) electrons. The lowest BCUT2D eigenvalue weighted by Crippen LogP contribution is -2.03. The van der Waals surface area contributed by atoms with Gasteiger partial charge in [0, 0.05) is 11.6 Å². The largest absolute Gasteiger partial charge is 0.489 e. The molecule has 1 aromatic carbocycles. The molecule has 0 spiro atoms. The molecule has 1 aromatic rings. The molecule has 72 valence electrons. The van der Waals surface area contributed by atoms with Crippen molar-refractivity contribution in [2.45, 2.75) is 0 Å². The van der Waals surface area contributed by atoms with Gasteiger partial charge < -0.3 is 4.74 Å². The van der Waals surface area contributed by atoms with Gasteiger partial charge in [-0.3, -0.25) is 10.1 Å². The van der Waals surface area contributed by atoms with E-state index in [9.17, 15) is 10.1 Å². The van der Waals surface area contributed by atoms with Crippen LogP contribution in [0.4, 0.5) is 5.69 Å². The third kappa shape index (κ3) is 1.44. The van der Waals surface area contributed by atoms with Crippen molar-refractivity contribution in [1.82, 2.24) is 0 Å². The second kappa shape index (κ2) is 3.31. The molecule has 0 atom stereocenters. The molecule has 0 aliphatic carbocycles. The summed E-state index contributed by atoms with van der Waals surface area (Å²) in [6, 6.07) is 4.37. The van der Waals surface area contributed by atoms with Crippen LogP contribution < -0.4 is 4.74 Å². The van der Waals surface area contributed by atoms with E-state index in [1.165, 1.54) is 12.1 Å².